The van der Waals surface area contributed by atoms with Crippen molar-refractivity contribution in [2.24, 2.45) is 0 Å². The van der Waals surface area contributed by atoms with Crippen molar-refractivity contribution in [1.82, 2.24) is 14.2 Å². The summed E-state index contributed by atoms with van der Waals surface area (Å²) < 4.78 is 18.5. The Morgan fingerprint density at radius 2 is 1.45 bits per heavy atom. The molecular weight excluding hydrogens is 488 g/mol. The van der Waals surface area contributed by atoms with Crippen molar-refractivity contribution in [2.45, 2.75) is 32.1 Å². The fourth-order valence-electron chi connectivity index (χ4n) is 4.98. The summed E-state index contributed by atoms with van der Waals surface area (Å²) in [5.74, 6) is 0.200. The lowest BCUT2D eigenvalue weighted by Crippen LogP contribution is -2.46. The van der Waals surface area contributed by atoms with Crippen molar-refractivity contribution in [2.75, 3.05) is 19.1 Å². The number of amides is 2. The van der Waals surface area contributed by atoms with Gasteiger partial charge in [0.25, 0.3) is 0 Å². The fourth-order valence-corrected chi connectivity index (χ4v) is 4.98. The maximum absolute atomic E-state index is 14.1. The van der Waals surface area contributed by atoms with E-state index in [0.717, 1.165) is 14.9 Å². The molecule has 196 valence electrons. The molecule has 0 bridgehead atoms. The SMILES string of the molecule is COc1cccc(CN2C(=O)N(c3ccccc3)C(n3oc(=O)n(-c4ccccc4)c3=O)C2(C)C)c1OC. The van der Waals surface area contributed by atoms with Gasteiger partial charge in [-0.05, 0) is 44.2 Å². The molecule has 2 amide bonds. The van der Waals surface area contributed by atoms with Crippen molar-refractivity contribution >= 4 is 11.7 Å². The Bertz CT molecular complexity index is 1570. The Kier molecular flexibility index (Phi) is 6.31. The Morgan fingerprint density at radius 3 is 2.05 bits per heavy atom. The van der Waals surface area contributed by atoms with E-state index >= 15 is 0 Å². The summed E-state index contributed by atoms with van der Waals surface area (Å²) in [5.41, 5.74) is -0.0515. The summed E-state index contributed by atoms with van der Waals surface area (Å²) in [6.45, 7) is 3.82. The largest absolute Gasteiger partial charge is 0.493 e. The van der Waals surface area contributed by atoms with Gasteiger partial charge in [-0.1, -0.05) is 48.5 Å². The molecule has 4 aromatic rings. The monoisotopic (exact) mass is 516 g/mol. The molecule has 0 radical (unpaired) electrons. The van der Waals surface area contributed by atoms with E-state index in [4.69, 9.17) is 14.0 Å². The molecule has 5 rings (SSSR count). The number of ether oxygens (including phenoxy) is 2. The number of anilines is 1. The van der Waals surface area contributed by atoms with Gasteiger partial charge >= 0.3 is 17.5 Å². The van der Waals surface area contributed by atoms with Crippen LogP contribution in [0.1, 0.15) is 25.6 Å². The quantitative estimate of drug-likeness (QED) is 0.368. The number of hydrogen-bond acceptors (Lipinski definition) is 6. The predicted molar refractivity (Wildman–Crippen MR) is 141 cm³/mol. The number of nitrogens with zero attached hydrogens (tertiary/aromatic N) is 4. The van der Waals surface area contributed by atoms with Gasteiger partial charge in [-0.2, -0.15) is 4.57 Å². The molecule has 1 aliphatic rings. The van der Waals surface area contributed by atoms with Gasteiger partial charge in [0.15, 0.2) is 17.7 Å². The third-order valence-electron chi connectivity index (χ3n) is 6.83. The molecule has 1 saturated heterocycles. The highest BCUT2D eigenvalue weighted by molar-refractivity contribution is 5.95. The minimum Gasteiger partial charge on any atom is -0.493 e. The molecule has 1 unspecified atom stereocenters. The van der Waals surface area contributed by atoms with Gasteiger partial charge in [-0.25, -0.2) is 14.4 Å². The Balaban J connectivity index is 1.66. The van der Waals surface area contributed by atoms with Crippen molar-refractivity contribution < 1.29 is 18.8 Å². The standard InChI is InChI=1S/C28H28N4O6/c1-28(2)24(32-26(34)31(27(35)38-32)21-15-9-6-10-16-21)30(20-13-7-5-8-14-20)25(33)29(28)18-19-12-11-17-22(36-3)23(19)37-4/h5-17,24H,18H2,1-4H3. The van der Waals surface area contributed by atoms with Gasteiger partial charge < -0.3 is 18.9 Å². The lowest BCUT2D eigenvalue weighted by molar-refractivity contribution is 0.0926. The van der Waals surface area contributed by atoms with E-state index < -0.39 is 23.2 Å². The van der Waals surface area contributed by atoms with Crippen molar-refractivity contribution in [3.8, 4) is 17.2 Å². The normalized spacial score (nSPS) is 16.6. The van der Waals surface area contributed by atoms with Crippen LogP contribution in [0.4, 0.5) is 10.5 Å². The summed E-state index contributed by atoms with van der Waals surface area (Å²) in [4.78, 5) is 43.7. The molecule has 1 atom stereocenters. The second kappa shape index (κ2) is 9.62. The van der Waals surface area contributed by atoms with Gasteiger partial charge in [0.1, 0.15) is 0 Å². The first-order valence-corrected chi connectivity index (χ1v) is 12.1. The molecule has 2 heterocycles. The average Bonchev–Trinajstić information content (AvgIpc) is 3.32. The van der Waals surface area contributed by atoms with Crippen LogP contribution in [-0.4, -0.2) is 40.0 Å². The number of carbonyl (C=O) groups excluding carboxylic acids is 1. The highest BCUT2D eigenvalue weighted by Gasteiger charge is 2.55. The fraction of sp³-hybridized carbons (Fsp3) is 0.250. The van der Waals surface area contributed by atoms with E-state index in [9.17, 15) is 14.4 Å². The van der Waals surface area contributed by atoms with Gasteiger partial charge in [-0.3, -0.25) is 4.90 Å². The molecular formula is C28H28N4O6. The van der Waals surface area contributed by atoms with E-state index in [1.165, 1.54) is 12.0 Å². The number of methoxy groups -OCH3 is 2. The molecule has 0 aliphatic carbocycles. The Labute approximate surface area is 218 Å². The molecule has 1 fully saturated rings. The molecule has 1 aromatic heterocycles. The summed E-state index contributed by atoms with van der Waals surface area (Å²) in [5, 5.41) is 0. The zero-order valence-corrected chi connectivity index (χ0v) is 21.5. The molecule has 10 nitrogen and oxygen atoms in total. The van der Waals surface area contributed by atoms with E-state index in [2.05, 4.69) is 0 Å². The minimum atomic E-state index is -1.01. The highest BCUT2D eigenvalue weighted by atomic mass is 16.5. The maximum Gasteiger partial charge on any atom is 0.447 e. The number of rotatable bonds is 7. The highest BCUT2D eigenvalue weighted by Crippen LogP contribution is 2.44. The van der Waals surface area contributed by atoms with Crippen molar-refractivity contribution in [3.63, 3.8) is 0 Å². The number of para-hydroxylation sites is 3. The van der Waals surface area contributed by atoms with Gasteiger partial charge in [0.2, 0.25) is 0 Å². The lowest BCUT2D eigenvalue weighted by atomic mass is 9.99. The van der Waals surface area contributed by atoms with Crippen LogP contribution >= 0.6 is 0 Å². The van der Waals surface area contributed by atoms with E-state index in [1.807, 2.05) is 32.0 Å². The topological polar surface area (TPSA) is 99.1 Å². The number of benzene rings is 3. The average molecular weight is 517 g/mol. The van der Waals surface area contributed by atoms with Crippen LogP contribution < -0.4 is 25.8 Å². The third kappa shape index (κ3) is 3.94. The van der Waals surface area contributed by atoms with Crippen molar-refractivity contribution in [3.05, 3.63) is 105 Å². The smallest absolute Gasteiger partial charge is 0.447 e. The summed E-state index contributed by atoms with van der Waals surface area (Å²) >= 11 is 0. The summed E-state index contributed by atoms with van der Waals surface area (Å²) in [6, 6.07) is 22.6. The first-order valence-electron chi connectivity index (χ1n) is 12.1. The van der Waals surface area contributed by atoms with Crippen LogP contribution in [0.15, 0.2) is 93.0 Å². The van der Waals surface area contributed by atoms with E-state index in [-0.39, 0.29) is 12.6 Å². The maximum atomic E-state index is 14.1. The summed E-state index contributed by atoms with van der Waals surface area (Å²) in [7, 11) is 3.09. The van der Waals surface area contributed by atoms with Crippen LogP contribution in [0.25, 0.3) is 5.69 Å². The molecule has 0 saturated carbocycles. The lowest BCUT2D eigenvalue weighted by Gasteiger charge is -2.34. The zero-order chi connectivity index (χ0) is 27.0. The number of carbonyl (C=O) groups is 1. The van der Waals surface area contributed by atoms with Gasteiger partial charge in [-0.15, -0.1) is 4.74 Å². The molecule has 1 aliphatic heterocycles. The first-order chi connectivity index (χ1) is 18.3. The van der Waals surface area contributed by atoms with E-state index in [1.54, 1.807) is 72.7 Å². The van der Waals surface area contributed by atoms with Gasteiger partial charge in [0.05, 0.1) is 32.0 Å². The van der Waals surface area contributed by atoms with Crippen LogP contribution in [0.2, 0.25) is 0 Å². The van der Waals surface area contributed by atoms with Crippen LogP contribution in [0.3, 0.4) is 0 Å². The van der Waals surface area contributed by atoms with Crippen molar-refractivity contribution in [1.29, 1.82) is 0 Å². The molecule has 3 aromatic carbocycles. The first kappa shape index (κ1) is 24.9. The predicted octanol–water partition coefficient (Wildman–Crippen LogP) is 4.03. The number of aromatic nitrogens is 2. The minimum absolute atomic E-state index is 0.157. The number of hydrogen-bond donors (Lipinski definition) is 0. The number of urea groups is 1. The second-order valence-corrected chi connectivity index (χ2v) is 9.39. The van der Waals surface area contributed by atoms with Crippen LogP contribution in [0, 0.1) is 0 Å². The Morgan fingerprint density at radius 1 is 0.816 bits per heavy atom. The third-order valence-corrected chi connectivity index (χ3v) is 6.83. The van der Waals surface area contributed by atoms with E-state index in [0.29, 0.717) is 22.9 Å². The van der Waals surface area contributed by atoms with Crippen LogP contribution in [0.5, 0.6) is 11.5 Å². The molecule has 0 spiro atoms. The van der Waals surface area contributed by atoms with Gasteiger partial charge in [0, 0.05) is 11.3 Å². The van der Waals surface area contributed by atoms with Crippen LogP contribution in [-0.2, 0) is 6.54 Å². The molecule has 0 N–H and O–H groups in total. The Hall–Kier alpha value is -4.73. The second-order valence-electron chi connectivity index (χ2n) is 9.39. The summed E-state index contributed by atoms with van der Waals surface area (Å²) in [6.07, 6.45) is -0.973. The zero-order valence-electron chi connectivity index (χ0n) is 21.5. The molecule has 10 heteroatoms. The molecule has 38 heavy (non-hydrogen) atoms.